The van der Waals surface area contributed by atoms with Gasteiger partial charge in [-0.1, -0.05) is 74.7 Å². The smallest absolute Gasteiger partial charge is 0.343 e. The van der Waals surface area contributed by atoms with Crippen LogP contribution in [0, 0.1) is 0 Å². The minimum atomic E-state index is -0.384. The Balaban J connectivity index is 1.32. The van der Waals surface area contributed by atoms with E-state index in [4.69, 9.17) is 18.9 Å². The van der Waals surface area contributed by atoms with Crippen molar-refractivity contribution in [2.75, 3.05) is 20.8 Å². The molecule has 0 aromatic heterocycles. The van der Waals surface area contributed by atoms with Gasteiger partial charge in [-0.05, 0) is 96.5 Å². The Kier molecular flexibility index (Phi) is 10.6. The molecule has 0 aliphatic heterocycles. The summed E-state index contributed by atoms with van der Waals surface area (Å²) in [6.07, 6.45) is 7.47. The van der Waals surface area contributed by atoms with Crippen molar-refractivity contribution in [2.45, 2.75) is 69.6 Å². The molecule has 1 aliphatic rings. The Morgan fingerprint density at radius 2 is 1.17 bits per heavy atom. The highest BCUT2D eigenvalue weighted by Gasteiger charge is 2.36. The molecule has 240 valence electrons. The van der Waals surface area contributed by atoms with Crippen LogP contribution in [0.2, 0.25) is 0 Å². The molecule has 1 unspecified atom stereocenters. The third-order valence-electron chi connectivity index (χ3n) is 9.50. The molecule has 0 N–H and O–H groups in total. The zero-order chi connectivity index (χ0) is 32.6. The van der Waals surface area contributed by atoms with Crippen LogP contribution in [0.25, 0.3) is 0 Å². The van der Waals surface area contributed by atoms with Gasteiger partial charge in [0.25, 0.3) is 0 Å². The fourth-order valence-electron chi connectivity index (χ4n) is 6.87. The standard InChI is InChI=1S/C40H44O6/c1-29(41)45-36-21-13-31(14-22-36)39(2,25-8-28-43-3)32-15-23-37(24-16-32)46-38(42)30-9-11-33(12-10-30)40(26-6-5-7-27-40)34-17-19-35(44-4)20-18-34/h9-24H,5-8,25-28H2,1-4H3. The number of hydrogen-bond acceptors (Lipinski definition) is 6. The van der Waals surface area contributed by atoms with E-state index < -0.39 is 0 Å². The van der Waals surface area contributed by atoms with E-state index in [9.17, 15) is 9.59 Å². The summed E-state index contributed by atoms with van der Waals surface area (Å²) in [7, 11) is 3.39. The molecule has 46 heavy (non-hydrogen) atoms. The van der Waals surface area contributed by atoms with Crippen molar-refractivity contribution in [3.05, 3.63) is 125 Å². The van der Waals surface area contributed by atoms with Gasteiger partial charge in [-0.15, -0.1) is 0 Å². The van der Waals surface area contributed by atoms with E-state index in [0.717, 1.165) is 42.6 Å². The Hall–Kier alpha value is -4.42. The van der Waals surface area contributed by atoms with E-state index in [1.165, 1.54) is 37.3 Å². The normalized spacial score (nSPS) is 15.4. The number of rotatable bonds is 12. The minimum Gasteiger partial charge on any atom is -0.497 e. The Bertz CT molecular complexity index is 1580. The average Bonchev–Trinajstić information content (AvgIpc) is 3.09. The van der Waals surface area contributed by atoms with Gasteiger partial charge in [0.2, 0.25) is 0 Å². The zero-order valence-electron chi connectivity index (χ0n) is 27.3. The van der Waals surface area contributed by atoms with Gasteiger partial charge >= 0.3 is 11.9 Å². The first-order valence-corrected chi connectivity index (χ1v) is 16.1. The van der Waals surface area contributed by atoms with Crippen LogP contribution < -0.4 is 14.2 Å². The van der Waals surface area contributed by atoms with Crippen molar-refractivity contribution >= 4 is 11.9 Å². The third kappa shape index (κ3) is 7.34. The topological polar surface area (TPSA) is 71.1 Å². The summed E-state index contributed by atoms with van der Waals surface area (Å²) in [5, 5.41) is 0. The zero-order valence-corrected chi connectivity index (χ0v) is 27.3. The molecule has 6 heteroatoms. The lowest BCUT2D eigenvalue weighted by atomic mass is 9.65. The lowest BCUT2D eigenvalue weighted by Crippen LogP contribution is -2.30. The van der Waals surface area contributed by atoms with Crippen LogP contribution in [-0.2, 0) is 20.4 Å². The van der Waals surface area contributed by atoms with Crippen molar-refractivity contribution < 1.29 is 28.5 Å². The second kappa shape index (κ2) is 14.8. The summed E-state index contributed by atoms with van der Waals surface area (Å²) in [5.41, 5.74) is 4.82. The molecule has 4 aromatic rings. The number of benzene rings is 4. The molecule has 0 spiro atoms. The summed E-state index contributed by atoms with van der Waals surface area (Å²) >= 11 is 0. The molecular formula is C40H44O6. The molecule has 1 saturated carbocycles. The largest absolute Gasteiger partial charge is 0.497 e. The fraction of sp³-hybridized carbons (Fsp3) is 0.350. The molecule has 1 fully saturated rings. The van der Waals surface area contributed by atoms with Crippen LogP contribution in [0.1, 0.15) is 91.4 Å². The number of carbonyl (C=O) groups is 2. The molecule has 0 amide bonds. The Labute approximate surface area is 272 Å². The highest BCUT2D eigenvalue weighted by molar-refractivity contribution is 5.91. The molecule has 1 aliphatic carbocycles. The van der Waals surface area contributed by atoms with Crippen molar-refractivity contribution in [2.24, 2.45) is 0 Å². The first-order chi connectivity index (χ1) is 22.3. The molecule has 4 aromatic carbocycles. The van der Waals surface area contributed by atoms with Crippen molar-refractivity contribution in [3.63, 3.8) is 0 Å². The van der Waals surface area contributed by atoms with Crippen molar-refractivity contribution in [3.8, 4) is 17.2 Å². The average molecular weight is 621 g/mol. The monoisotopic (exact) mass is 620 g/mol. The SMILES string of the molecule is COCCCC(C)(c1ccc(OC(C)=O)cc1)c1ccc(OC(=O)c2ccc(C3(c4ccc(OC)cc4)CCCCC3)cc2)cc1. The predicted molar refractivity (Wildman–Crippen MR) is 180 cm³/mol. The summed E-state index contributed by atoms with van der Waals surface area (Å²) in [5.74, 6) is 1.12. The van der Waals surface area contributed by atoms with Crippen LogP contribution >= 0.6 is 0 Å². The second-order valence-corrected chi connectivity index (χ2v) is 12.4. The van der Waals surface area contributed by atoms with E-state index in [2.05, 4.69) is 31.2 Å². The molecule has 0 radical (unpaired) electrons. The summed E-state index contributed by atoms with van der Waals surface area (Å²) in [6.45, 7) is 4.23. The van der Waals surface area contributed by atoms with Gasteiger partial charge in [0.1, 0.15) is 17.2 Å². The summed E-state index contributed by atoms with van der Waals surface area (Å²) in [6, 6.07) is 31.7. The maximum absolute atomic E-state index is 13.2. The first kappa shape index (κ1) is 33.0. The number of esters is 2. The van der Waals surface area contributed by atoms with Gasteiger partial charge in [0.05, 0.1) is 12.7 Å². The molecule has 6 nitrogen and oxygen atoms in total. The van der Waals surface area contributed by atoms with Crippen LogP contribution in [-0.4, -0.2) is 32.8 Å². The highest BCUT2D eigenvalue weighted by atomic mass is 16.5. The van der Waals surface area contributed by atoms with E-state index >= 15 is 0 Å². The Morgan fingerprint density at radius 1 is 0.674 bits per heavy atom. The van der Waals surface area contributed by atoms with Crippen LogP contribution in [0.5, 0.6) is 17.2 Å². The van der Waals surface area contributed by atoms with Gasteiger partial charge in [-0.25, -0.2) is 4.79 Å². The second-order valence-electron chi connectivity index (χ2n) is 12.4. The lowest BCUT2D eigenvalue weighted by molar-refractivity contribution is -0.131. The Morgan fingerprint density at radius 3 is 1.67 bits per heavy atom. The van der Waals surface area contributed by atoms with Crippen molar-refractivity contribution in [1.29, 1.82) is 0 Å². The molecule has 0 heterocycles. The number of hydrogen-bond donors (Lipinski definition) is 0. The van der Waals surface area contributed by atoms with E-state index in [1.54, 1.807) is 14.2 Å². The lowest BCUT2D eigenvalue weighted by Gasteiger charge is -2.38. The van der Waals surface area contributed by atoms with Crippen LogP contribution in [0.15, 0.2) is 97.1 Å². The van der Waals surface area contributed by atoms with Gasteiger partial charge in [-0.2, -0.15) is 0 Å². The molecule has 5 rings (SSSR count). The molecule has 0 saturated heterocycles. The summed E-state index contributed by atoms with van der Waals surface area (Å²) in [4.78, 5) is 24.6. The number of methoxy groups -OCH3 is 2. The van der Waals surface area contributed by atoms with E-state index in [0.29, 0.717) is 23.7 Å². The third-order valence-corrected chi connectivity index (χ3v) is 9.50. The molecule has 0 bridgehead atoms. The van der Waals surface area contributed by atoms with Gasteiger partial charge in [0.15, 0.2) is 0 Å². The van der Waals surface area contributed by atoms with E-state index in [1.807, 2.05) is 72.8 Å². The summed E-state index contributed by atoms with van der Waals surface area (Å²) < 4.78 is 21.8. The number of ether oxygens (including phenoxy) is 4. The molecule has 1 atom stereocenters. The van der Waals surface area contributed by atoms with Crippen molar-refractivity contribution in [1.82, 2.24) is 0 Å². The van der Waals surface area contributed by atoms with Crippen LogP contribution in [0.3, 0.4) is 0 Å². The van der Waals surface area contributed by atoms with Crippen LogP contribution in [0.4, 0.5) is 0 Å². The predicted octanol–water partition coefficient (Wildman–Crippen LogP) is 8.82. The maximum atomic E-state index is 13.2. The number of carbonyl (C=O) groups excluding carboxylic acids is 2. The molecular weight excluding hydrogens is 576 g/mol. The van der Waals surface area contributed by atoms with Gasteiger partial charge < -0.3 is 18.9 Å². The fourth-order valence-corrected chi connectivity index (χ4v) is 6.87. The van der Waals surface area contributed by atoms with Gasteiger partial charge in [-0.3, -0.25) is 4.79 Å². The van der Waals surface area contributed by atoms with Gasteiger partial charge in [0, 0.05) is 31.5 Å². The highest BCUT2D eigenvalue weighted by Crippen LogP contribution is 2.45. The first-order valence-electron chi connectivity index (χ1n) is 16.1. The quantitative estimate of drug-likeness (QED) is 0.0896. The minimum absolute atomic E-state index is 0.0700. The maximum Gasteiger partial charge on any atom is 0.343 e. The van der Waals surface area contributed by atoms with E-state index in [-0.39, 0.29) is 22.8 Å².